The van der Waals surface area contributed by atoms with Gasteiger partial charge in [-0.05, 0) is 6.42 Å². The van der Waals surface area contributed by atoms with Crippen LogP contribution >= 0.6 is 11.8 Å². The van der Waals surface area contributed by atoms with Crippen molar-refractivity contribution in [2.24, 2.45) is 10.8 Å². The van der Waals surface area contributed by atoms with Crippen LogP contribution in [0.2, 0.25) is 0 Å². The van der Waals surface area contributed by atoms with E-state index in [0.29, 0.717) is 5.17 Å². The van der Waals surface area contributed by atoms with Crippen LogP contribution in [0.5, 0.6) is 0 Å². The van der Waals surface area contributed by atoms with Gasteiger partial charge >= 0.3 is 0 Å². The van der Waals surface area contributed by atoms with E-state index in [4.69, 9.17) is 10.5 Å². The molecule has 0 atom stereocenters. The molecule has 0 spiro atoms. The minimum Gasteiger partial charge on any atom is -0.381 e. The lowest BCUT2D eigenvalue weighted by Gasteiger charge is -2.11. The van der Waals surface area contributed by atoms with Crippen LogP contribution in [0.1, 0.15) is 26.2 Å². The van der Waals surface area contributed by atoms with E-state index >= 15 is 0 Å². The number of nitrogens with two attached hydrogens (primary N) is 1. The van der Waals surface area contributed by atoms with Gasteiger partial charge in [0.25, 0.3) is 0 Å². The van der Waals surface area contributed by atoms with Gasteiger partial charge in [0.2, 0.25) is 0 Å². The van der Waals surface area contributed by atoms with E-state index < -0.39 is 0 Å². The summed E-state index contributed by atoms with van der Waals surface area (Å²) in [4.78, 5) is 1.17. The quantitative estimate of drug-likeness (QED) is 0.661. The highest BCUT2D eigenvalue weighted by molar-refractivity contribution is 8.17. The molecule has 0 radical (unpaired) electrons. The zero-order valence-corrected chi connectivity index (χ0v) is 9.27. The van der Waals surface area contributed by atoms with E-state index in [2.05, 4.69) is 17.5 Å². The molecular formula is C9H17N3OS. The fraction of sp³-hybridized carbons (Fsp3) is 0.667. The van der Waals surface area contributed by atoms with Crippen LogP contribution in [0.25, 0.3) is 0 Å². The maximum atomic E-state index is 5.55. The molecule has 5 heteroatoms. The van der Waals surface area contributed by atoms with Gasteiger partial charge in [0.15, 0.2) is 5.17 Å². The SMILES string of the molecule is CCCCOCCC1=CNN=C(N)S1. The van der Waals surface area contributed by atoms with Gasteiger partial charge in [-0.1, -0.05) is 25.1 Å². The molecule has 4 nitrogen and oxygen atoms in total. The Morgan fingerprint density at radius 2 is 2.43 bits per heavy atom. The van der Waals surface area contributed by atoms with Crippen molar-refractivity contribution in [3.8, 4) is 0 Å². The predicted molar refractivity (Wildman–Crippen MR) is 60.8 cm³/mol. The lowest BCUT2D eigenvalue weighted by Crippen LogP contribution is -2.16. The largest absolute Gasteiger partial charge is 0.381 e. The van der Waals surface area contributed by atoms with E-state index in [0.717, 1.165) is 26.1 Å². The second-order valence-corrected chi connectivity index (χ2v) is 4.15. The summed E-state index contributed by atoms with van der Waals surface area (Å²) in [6.45, 7) is 3.77. The molecule has 1 aliphatic rings. The number of nitrogens with one attached hydrogen (secondary N) is 1. The second-order valence-electron chi connectivity index (χ2n) is 3.01. The highest BCUT2D eigenvalue weighted by Crippen LogP contribution is 2.20. The Morgan fingerprint density at radius 1 is 1.57 bits per heavy atom. The summed E-state index contributed by atoms with van der Waals surface area (Å²) >= 11 is 1.50. The molecule has 1 rings (SSSR count). The van der Waals surface area contributed by atoms with Crippen molar-refractivity contribution in [2.45, 2.75) is 26.2 Å². The molecule has 0 bridgehead atoms. The molecule has 0 amide bonds. The molecule has 80 valence electrons. The van der Waals surface area contributed by atoms with Gasteiger partial charge in [0.05, 0.1) is 6.61 Å². The van der Waals surface area contributed by atoms with E-state index in [9.17, 15) is 0 Å². The van der Waals surface area contributed by atoms with Crippen LogP contribution in [0.4, 0.5) is 0 Å². The number of ether oxygens (including phenoxy) is 1. The first-order chi connectivity index (χ1) is 6.83. The molecule has 1 heterocycles. The molecule has 0 aromatic rings. The Balaban J connectivity index is 2.04. The van der Waals surface area contributed by atoms with Gasteiger partial charge in [0.1, 0.15) is 0 Å². The third kappa shape index (κ3) is 4.53. The number of hydrogen-bond acceptors (Lipinski definition) is 5. The van der Waals surface area contributed by atoms with Crippen LogP contribution in [0, 0.1) is 0 Å². The predicted octanol–water partition coefficient (Wildman–Crippen LogP) is 1.60. The van der Waals surface area contributed by atoms with Crippen LogP contribution in [0.3, 0.4) is 0 Å². The average Bonchev–Trinajstić information content (AvgIpc) is 2.18. The van der Waals surface area contributed by atoms with Crippen LogP contribution < -0.4 is 11.2 Å². The van der Waals surface area contributed by atoms with Crippen LogP contribution in [-0.4, -0.2) is 18.4 Å². The van der Waals surface area contributed by atoms with E-state index in [-0.39, 0.29) is 0 Å². The maximum absolute atomic E-state index is 5.55. The first-order valence-electron chi connectivity index (χ1n) is 4.86. The summed E-state index contributed by atoms with van der Waals surface area (Å²) in [7, 11) is 0. The second kappa shape index (κ2) is 6.73. The Morgan fingerprint density at radius 3 is 3.14 bits per heavy atom. The molecular weight excluding hydrogens is 198 g/mol. The number of amidine groups is 1. The molecule has 0 aliphatic carbocycles. The van der Waals surface area contributed by atoms with E-state index in [1.54, 1.807) is 0 Å². The average molecular weight is 215 g/mol. The van der Waals surface area contributed by atoms with E-state index in [1.165, 1.54) is 23.1 Å². The fourth-order valence-corrected chi connectivity index (χ4v) is 1.66. The number of thioether (sulfide) groups is 1. The highest BCUT2D eigenvalue weighted by atomic mass is 32.2. The van der Waals surface area contributed by atoms with Crippen molar-refractivity contribution < 1.29 is 4.74 Å². The summed E-state index contributed by atoms with van der Waals surface area (Å²) in [6, 6.07) is 0. The molecule has 0 saturated carbocycles. The van der Waals surface area contributed by atoms with Gasteiger partial charge in [-0.15, -0.1) is 0 Å². The Kier molecular flexibility index (Phi) is 5.47. The van der Waals surface area contributed by atoms with Crippen molar-refractivity contribution in [2.75, 3.05) is 13.2 Å². The monoisotopic (exact) mass is 215 g/mol. The van der Waals surface area contributed by atoms with Crippen molar-refractivity contribution in [3.63, 3.8) is 0 Å². The van der Waals surface area contributed by atoms with Crippen molar-refractivity contribution in [3.05, 3.63) is 11.1 Å². The minimum atomic E-state index is 0.566. The van der Waals surface area contributed by atoms with E-state index in [1.807, 2.05) is 6.20 Å². The van der Waals surface area contributed by atoms with Gasteiger partial charge in [-0.3, -0.25) is 5.43 Å². The third-order valence-electron chi connectivity index (χ3n) is 1.77. The molecule has 14 heavy (non-hydrogen) atoms. The number of hydrogen-bond donors (Lipinski definition) is 2. The zero-order chi connectivity index (χ0) is 10.2. The Bertz CT molecular complexity index is 228. The lowest BCUT2D eigenvalue weighted by molar-refractivity contribution is 0.135. The molecule has 1 aliphatic heterocycles. The van der Waals surface area contributed by atoms with Gasteiger partial charge < -0.3 is 10.5 Å². The number of hydrazone groups is 1. The summed E-state index contributed by atoms with van der Waals surface area (Å²) < 4.78 is 5.45. The first kappa shape index (κ1) is 11.4. The van der Waals surface area contributed by atoms with Crippen molar-refractivity contribution in [1.82, 2.24) is 5.43 Å². The van der Waals surface area contributed by atoms with Crippen molar-refractivity contribution >= 4 is 16.9 Å². The Labute approximate surface area is 89.0 Å². The normalized spacial score (nSPS) is 15.8. The topological polar surface area (TPSA) is 59.6 Å². The molecule has 0 aromatic heterocycles. The standard InChI is InChI=1S/C9H17N3OS/c1-2-3-5-13-6-4-8-7-11-12-9(10)14-8/h7,11H,2-6H2,1H3,(H2,10,12). The van der Waals surface area contributed by atoms with Crippen molar-refractivity contribution in [1.29, 1.82) is 0 Å². The summed E-state index contributed by atoms with van der Waals surface area (Å²) in [5.41, 5.74) is 8.31. The van der Waals surface area contributed by atoms with Crippen LogP contribution in [0.15, 0.2) is 16.2 Å². The van der Waals surface area contributed by atoms with Crippen LogP contribution in [-0.2, 0) is 4.74 Å². The zero-order valence-electron chi connectivity index (χ0n) is 8.45. The maximum Gasteiger partial charge on any atom is 0.182 e. The number of nitrogens with zero attached hydrogens (tertiary/aromatic N) is 1. The highest BCUT2D eigenvalue weighted by Gasteiger charge is 2.05. The molecule has 0 fully saturated rings. The Hall–Kier alpha value is -0.680. The lowest BCUT2D eigenvalue weighted by atomic mass is 10.3. The summed E-state index contributed by atoms with van der Waals surface area (Å²) in [5.74, 6) is 0. The molecule has 0 saturated heterocycles. The molecule has 0 unspecified atom stereocenters. The smallest absolute Gasteiger partial charge is 0.182 e. The van der Waals surface area contributed by atoms with Gasteiger partial charge in [-0.2, -0.15) is 5.10 Å². The van der Waals surface area contributed by atoms with Gasteiger partial charge in [0, 0.05) is 24.1 Å². The molecule has 3 N–H and O–H groups in total. The summed E-state index contributed by atoms with van der Waals surface area (Å²) in [5, 5.41) is 4.39. The first-order valence-corrected chi connectivity index (χ1v) is 5.68. The number of unbranched alkanes of at least 4 members (excludes halogenated alkanes) is 1. The minimum absolute atomic E-state index is 0.566. The third-order valence-corrected chi connectivity index (χ3v) is 2.66. The van der Waals surface area contributed by atoms with Gasteiger partial charge in [-0.25, -0.2) is 0 Å². The summed E-state index contributed by atoms with van der Waals surface area (Å²) in [6.07, 6.45) is 5.08. The fourth-order valence-electron chi connectivity index (χ4n) is 0.999. The number of rotatable bonds is 6. The molecule has 0 aromatic carbocycles.